The van der Waals surface area contributed by atoms with E-state index in [9.17, 15) is 27.9 Å². The summed E-state index contributed by atoms with van der Waals surface area (Å²) in [4.78, 5) is 29.0. The Kier molecular flexibility index (Phi) is 4.74. The largest absolute Gasteiger partial charge is 0.481 e. The fraction of sp³-hybridized carbons (Fsp3) is 0.353. The minimum atomic E-state index is -4.59. The fourth-order valence-electron chi connectivity index (χ4n) is 3.14. The first-order valence-electron chi connectivity index (χ1n) is 7.85. The molecular weight excluding hydrogens is 369 g/mol. The molecule has 0 atom stereocenters. The van der Waals surface area contributed by atoms with Crippen LogP contribution in [0.25, 0.3) is 0 Å². The summed E-state index contributed by atoms with van der Waals surface area (Å²) in [5.41, 5.74) is -0.700. The molecule has 26 heavy (non-hydrogen) atoms. The highest BCUT2D eigenvalue weighted by Gasteiger charge is 2.44. The minimum absolute atomic E-state index is 0.138. The maximum absolute atomic E-state index is 12.6. The summed E-state index contributed by atoms with van der Waals surface area (Å²) < 4.78 is 37.9. The van der Waals surface area contributed by atoms with Gasteiger partial charge in [0.1, 0.15) is 5.69 Å². The molecule has 1 N–H and O–H groups in total. The molecule has 138 valence electrons. The van der Waals surface area contributed by atoms with Gasteiger partial charge >= 0.3 is 12.1 Å². The average Bonchev–Trinajstić information content (AvgIpc) is 3.12. The fourth-order valence-corrected chi connectivity index (χ4v) is 3.80. The van der Waals surface area contributed by atoms with Crippen LogP contribution in [0.4, 0.5) is 13.2 Å². The number of alkyl halides is 3. The van der Waals surface area contributed by atoms with Crippen LogP contribution in [-0.4, -0.2) is 40.0 Å². The van der Waals surface area contributed by atoms with Crippen molar-refractivity contribution in [1.82, 2.24) is 9.88 Å². The number of amides is 1. The van der Waals surface area contributed by atoms with Gasteiger partial charge in [-0.05, 0) is 18.4 Å². The molecule has 2 heterocycles. The topological polar surface area (TPSA) is 70.5 Å². The van der Waals surface area contributed by atoms with Crippen molar-refractivity contribution in [3.63, 3.8) is 0 Å². The van der Waals surface area contributed by atoms with E-state index in [1.54, 1.807) is 30.3 Å². The lowest BCUT2D eigenvalue weighted by molar-refractivity contribution is -0.145. The molecule has 2 aromatic rings. The molecule has 0 aliphatic carbocycles. The number of aromatic nitrogens is 1. The van der Waals surface area contributed by atoms with Gasteiger partial charge in [-0.2, -0.15) is 13.2 Å². The molecule has 0 bridgehead atoms. The SMILES string of the molecule is O=C(c1csc(C(F)(F)F)n1)N1CCC(C(=O)O)(c2ccccc2)CC1. The number of hydrogen-bond acceptors (Lipinski definition) is 4. The van der Waals surface area contributed by atoms with Crippen LogP contribution in [0.3, 0.4) is 0 Å². The van der Waals surface area contributed by atoms with Crippen molar-refractivity contribution in [2.24, 2.45) is 0 Å². The number of carbonyl (C=O) groups is 2. The lowest BCUT2D eigenvalue weighted by Crippen LogP contribution is -2.49. The van der Waals surface area contributed by atoms with Gasteiger partial charge in [0.2, 0.25) is 0 Å². The smallest absolute Gasteiger partial charge is 0.443 e. The van der Waals surface area contributed by atoms with Gasteiger partial charge in [-0.1, -0.05) is 30.3 Å². The van der Waals surface area contributed by atoms with Crippen molar-refractivity contribution in [1.29, 1.82) is 0 Å². The summed E-state index contributed by atoms with van der Waals surface area (Å²) in [6, 6.07) is 8.78. The van der Waals surface area contributed by atoms with E-state index in [0.717, 1.165) is 5.38 Å². The Balaban J connectivity index is 1.76. The zero-order valence-electron chi connectivity index (χ0n) is 13.5. The Morgan fingerprint density at radius 2 is 1.77 bits per heavy atom. The van der Waals surface area contributed by atoms with Gasteiger partial charge in [-0.15, -0.1) is 11.3 Å². The van der Waals surface area contributed by atoms with Crippen molar-refractivity contribution < 1.29 is 27.9 Å². The predicted molar refractivity (Wildman–Crippen MR) is 88.0 cm³/mol. The zero-order chi connectivity index (χ0) is 18.9. The quantitative estimate of drug-likeness (QED) is 0.880. The van der Waals surface area contributed by atoms with E-state index in [1.165, 1.54) is 4.90 Å². The predicted octanol–water partition coefficient (Wildman–Crippen LogP) is 3.42. The maximum atomic E-state index is 12.6. The van der Waals surface area contributed by atoms with E-state index in [2.05, 4.69) is 4.98 Å². The molecule has 5 nitrogen and oxygen atoms in total. The van der Waals surface area contributed by atoms with Crippen LogP contribution in [-0.2, 0) is 16.4 Å². The van der Waals surface area contributed by atoms with E-state index in [1.807, 2.05) is 0 Å². The molecule has 1 amide bonds. The molecule has 1 aromatic heterocycles. The Morgan fingerprint density at radius 3 is 2.27 bits per heavy atom. The second kappa shape index (κ2) is 6.71. The number of thiazole rings is 1. The number of rotatable bonds is 3. The van der Waals surface area contributed by atoms with Crippen molar-refractivity contribution in [2.75, 3.05) is 13.1 Å². The third-order valence-electron chi connectivity index (χ3n) is 4.61. The summed E-state index contributed by atoms with van der Waals surface area (Å²) in [5.74, 6) is -1.58. The van der Waals surface area contributed by atoms with Gasteiger partial charge in [-0.3, -0.25) is 9.59 Å². The van der Waals surface area contributed by atoms with E-state index >= 15 is 0 Å². The average molecular weight is 384 g/mol. The van der Waals surface area contributed by atoms with Gasteiger partial charge in [0.15, 0.2) is 5.01 Å². The van der Waals surface area contributed by atoms with E-state index in [0.29, 0.717) is 16.9 Å². The zero-order valence-corrected chi connectivity index (χ0v) is 14.3. The molecular formula is C17H15F3N2O3S. The Hall–Kier alpha value is -2.42. The van der Waals surface area contributed by atoms with E-state index < -0.39 is 28.5 Å². The summed E-state index contributed by atoms with van der Waals surface area (Å²) in [6.45, 7) is 0.276. The number of carbonyl (C=O) groups excluding carboxylic acids is 1. The second-order valence-electron chi connectivity index (χ2n) is 6.08. The first-order valence-corrected chi connectivity index (χ1v) is 8.73. The molecule has 1 saturated heterocycles. The number of likely N-dealkylation sites (tertiary alicyclic amines) is 1. The van der Waals surface area contributed by atoms with E-state index in [-0.39, 0.29) is 31.6 Å². The van der Waals surface area contributed by atoms with Gasteiger partial charge < -0.3 is 10.0 Å². The van der Waals surface area contributed by atoms with Crippen LogP contribution in [0.5, 0.6) is 0 Å². The monoisotopic (exact) mass is 384 g/mol. The summed E-state index contributed by atoms with van der Waals surface area (Å²) in [6.07, 6.45) is -4.21. The van der Waals surface area contributed by atoms with Crippen LogP contribution >= 0.6 is 11.3 Å². The van der Waals surface area contributed by atoms with E-state index in [4.69, 9.17) is 0 Å². The third kappa shape index (κ3) is 3.31. The van der Waals surface area contributed by atoms with Gasteiger partial charge in [0.05, 0.1) is 5.41 Å². The minimum Gasteiger partial charge on any atom is -0.481 e. The summed E-state index contributed by atoms with van der Waals surface area (Å²) in [5, 5.41) is 9.75. The van der Waals surface area contributed by atoms with Gasteiger partial charge in [-0.25, -0.2) is 4.98 Å². The molecule has 1 fully saturated rings. The number of aliphatic carboxylic acids is 1. The maximum Gasteiger partial charge on any atom is 0.443 e. The third-order valence-corrected chi connectivity index (χ3v) is 5.49. The Bertz CT molecular complexity index is 812. The van der Waals surface area contributed by atoms with Crippen LogP contribution in [0.2, 0.25) is 0 Å². The number of benzene rings is 1. The summed E-state index contributed by atoms with van der Waals surface area (Å²) in [7, 11) is 0. The number of carboxylic acids is 1. The second-order valence-corrected chi connectivity index (χ2v) is 6.94. The highest BCUT2D eigenvalue weighted by molar-refractivity contribution is 7.09. The molecule has 0 unspecified atom stereocenters. The Morgan fingerprint density at radius 1 is 1.15 bits per heavy atom. The van der Waals surface area contributed by atoms with Crippen LogP contribution < -0.4 is 0 Å². The van der Waals surface area contributed by atoms with Gasteiger partial charge in [0.25, 0.3) is 5.91 Å². The first-order chi connectivity index (χ1) is 12.2. The van der Waals surface area contributed by atoms with Crippen LogP contribution in [0, 0.1) is 0 Å². The number of piperidine rings is 1. The van der Waals surface area contributed by atoms with Crippen molar-refractivity contribution >= 4 is 23.2 Å². The number of hydrogen-bond donors (Lipinski definition) is 1. The normalized spacial score (nSPS) is 17.1. The lowest BCUT2D eigenvalue weighted by Gasteiger charge is -2.39. The molecule has 0 saturated carbocycles. The number of nitrogens with zero attached hydrogens (tertiary/aromatic N) is 2. The van der Waals surface area contributed by atoms with Crippen molar-refractivity contribution in [2.45, 2.75) is 24.4 Å². The first kappa shape index (κ1) is 18.4. The molecule has 1 aliphatic rings. The molecule has 0 spiro atoms. The molecule has 1 aromatic carbocycles. The highest BCUT2D eigenvalue weighted by atomic mass is 32.1. The highest BCUT2D eigenvalue weighted by Crippen LogP contribution is 2.37. The summed E-state index contributed by atoms with van der Waals surface area (Å²) >= 11 is 0.373. The Labute approximate surface area is 151 Å². The number of carboxylic acid groups (broad SMARTS) is 1. The van der Waals surface area contributed by atoms with Crippen LogP contribution in [0.15, 0.2) is 35.7 Å². The molecule has 0 radical (unpaired) electrons. The lowest BCUT2D eigenvalue weighted by atomic mass is 9.73. The number of halogens is 3. The van der Waals surface area contributed by atoms with Crippen LogP contribution in [0.1, 0.15) is 33.9 Å². The standard InChI is InChI=1S/C17H15F3N2O3S/c18-17(19,20)14-21-12(10-26-14)13(23)22-8-6-16(7-9-22,15(24)25)11-4-2-1-3-5-11/h1-5,10H,6-9H2,(H,24,25). The van der Waals surface area contributed by atoms with Crippen molar-refractivity contribution in [3.05, 3.63) is 52.0 Å². The molecule has 1 aliphatic heterocycles. The molecule has 9 heteroatoms. The van der Waals surface area contributed by atoms with Crippen molar-refractivity contribution in [3.8, 4) is 0 Å². The molecule has 3 rings (SSSR count). The van der Waals surface area contributed by atoms with Gasteiger partial charge in [0, 0.05) is 18.5 Å².